The average molecular weight is 376 g/mol. The first-order valence-corrected chi connectivity index (χ1v) is 9.81. The van der Waals surface area contributed by atoms with E-state index in [0.29, 0.717) is 11.6 Å². The van der Waals surface area contributed by atoms with Crippen LogP contribution in [0.3, 0.4) is 0 Å². The van der Waals surface area contributed by atoms with Gasteiger partial charge in [0.15, 0.2) is 5.37 Å². The topological polar surface area (TPSA) is 49.4 Å². The number of anilines is 2. The summed E-state index contributed by atoms with van der Waals surface area (Å²) in [5.74, 6) is 0.208. The van der Waals surface area contributed by atoms with Crippen molar-refractivity contribution in [2.45, 2.75) is 25.1 Å². The molecule has 5 heteroatoms. The zero-order valence-corrected chi connectivity index (χ0v) is 16.0. The monoisotopic (exact) mass is 376 g/mol. The van der Waals surface area contributed by atoms with Crippen molar-refractivity contribution in [2.24, 2.45) is 0 Å². The fourth-order valence-corrected chi connectivity index (χ4v) is 4.13. The second kappa shape index (κ2) is 7.08. The number of benzene rings is 3. The number of fused-ring (bicyclic) bond motifs is 1. The van der Waals surface area contributed by atoms with E-state index in [4.69, 9.17) is 0 Å². The Morgan fingerprint density at radius 2 is 1.63 bits per heavy atom. The van der Waals surface area contributed by atoms with E-state index in [1.807, 2.05) is 66.7 Å². The summed E-state index contributed by atoms with van der Waals surface area (Å²) < 4.78 is 0. The van der Waals surface area contributed by atoms with Gasteiger partial charge in [0.2, 0.25) is 0 Å². The molecule has 0 aromatic heterocycles. The smallest absolute Gasteiger partial charge is 0.295 e. The minimum Gasteiger partial charge on any atom is -0.365 e. The molecule has 2 amide bonds. The molecule has 3 aromatic rings. The molecule has 0 radical (unpaired) electrons. The fraction of sp³-hybridized carbons (Fsp3) is 0.182. The minimum atomic E-state index is -0.624. The van der Waals surface area contributed by atoms with Gasteiger partial charge in [-0.15, -0.1) is 0 Å². The third-order valence-corrected chi connectivity index (χ3v) is 5.67. The first kappa shape index (κ1) is 17.6. The number of imide groups is 1. The van der Waals surface area contributed by atoms with Crippen LogP contribution in [0, 0.1) is 0 Å². The molecule has 136 valence electrons. The van der Waals surface area contributed by atoms with Crippen LogP contribution >= 0.6 is 11.8 Å². The SMILES string of the molecule is CC(C)c1ccc(NC2SC(=O)N(c3cccc4ccccc34)C2=O)cc1. The summed E-state index contributed by atoms with van der Waals surface area (Å²) in [5.41, 5.74) is 2.70. The van der Waals surface area contributed by atoms with Gasteiger partial charge in [0.25, 0.3) is 11.1 Å². The number of thioether (sulfide) groups is 1. The number of hydrogen-bond acceptors (Lipinski definition) is 4. The Balaban J connectivity index is 1.60. The molecule has 3 aromatic carbocycles. The molecule has 0 spiro atoms. The molecule has 0 aliphatic carbocycles. The summed E-state index contributed by atoms with van der Waals surface area (Å²) in [6.45, 7) is 4.28. The van der Waals surface area contributed by atoms with Gasteiger partial charge in [0.1, 0.15) is 0 Å². The maximum Gasteiger partial charge on any atom is 0.295 e. The standard InChI is InChI=1S/C22H20N2O2S/c1-14(2)15-10-12-17(13-11-15)23-20-21(25)24(22(26)27-20)19-9-5-7-16-6-3-4-8-18(16)19/h3-14,20,23H,1-2H3. The van der Waals surface area contributed by atoms with Crippen LogP contribution in [-0.2, 0) is 4.79 Å². The molecule has 4 nitrogen and oxygen atoms in total. The molecular formula is C22H20N2O2S. The normalized spacial score (nSPS) is 17.1. The number of rotatable bonds is 4. The van der Waals surface area contributed by atoms with Crippen molar-refractivity contribution in [3.63, 3.8) is 0 Å². The van der Waals surface area contributed by atoms with E-state index in [0.717, 1.165) is 28.2 Å². The van der Waals surface area contributed by atoms with Gasteiger partial charge in [0.05, 0.1) is 5.69 Å². The summed E-state index contributed by atoms with van der Waals surface area (Å²) in [4.78, 5) is 26.8. The van der Waals surface area contributed by atoms with Crippen LogP contribution in [0.5, 0.6) is 0 Å². The fourth-order valence-electron chi connectivity index (χ4n) is 3.24. The van der Waals surface area contributed by atoms with Crippen molar-refractivity contribution in [1.29, 1.82) is 0 Å². The number of nitrogens with one attached hydrogen (secondary N) is 1. The molecule has 27 heavy (non-hydrogen) atoms. The van der Waals surface area contributed by atoms with Gasteiger partial charge in [-0.2, -0.15) is 0 Å². The van der Waals surface area contributed by atoms with Crippen LogP contribution in [0.2, 0.25) is 0 Å². The van der Waals surface area contributed by atoms with Crippen LogP contribution < -0.4 is 10.2 Å². The largest absolute Gasteiger partial charge is 0.365 e. The molecule has 1 aliphatic heterocycles. The molecule has 1 N–H and O–H groups in total. The van der Waals surface area contributed by atoms with E-state index in [9.17, 15) is 9.59 Å². The highest BCUT2D eigenvalue weighted by atomic mass is 32.2. The van der Waals surface area contributed by atoms with Gasteiger partial charge in [-0.05, 0) is 46.8 Å². The lowest BCUT2D eigenvalue weighted by Crippen LogP contribution is -2.34. The Morgan fingerprint density at radius 1 is 0.926 bits per heavy atom. The van der Waals surface area contributed by atoms with Crippen LogP contribution in [0.25, 0.3) is 10.8 Å². The lowest BCUT2D eigenvalue weighted by Gasteiger charge is -2.17. The first-order chi connectivity index (χ1) is 13.0. The van der Waals surface area contributed by atoms with Crippen molar-refractivity contribution in [1.82, 2.24) is 0 Å². The Hall–Kier alpha value is -2.79. The van der Waals surface area contributed by atoms with E-state index in [1.54, 1.807) is 0 Å². The quantitative estimate of drug-likeness (QED) is 0.644. The lowest BCUT2D eigenvalue weighted by atomic mass is 10.0. The highest BCUT2D eigenvalue weighted by Gasteiger charge is 2.41. The van der Waals surface area contributed by atoms with E-state index in [2.05, 4.69) is 19.2 Å². The van der Waals surface area contributed by atoms with Crippen LogP contribution in [0.15, 0.2) is 66.7 Å². The zero-order valence-electron chi connectivity index (χ0n) is 15.2. The maximum atomic E-state index is 13.0. The summed E-state index contributed by atoms with van der Waals surface area (Å²) in [5, 5.41) is 4.20. The Morgan fingerprint density at radius 3 is 2.37 bits per heavy atom. The van der Waals surface area contributed by atoms with Crippen molar-refractivity contribution in [2.75, 3.05) is 10.2 Å². The number of carbonyl (C=O) groups is 2. The minimum absolute atomic E-state index is 0.241. The second-order valence-corrected chi connectivity index (χ2v) is 7.91. The van der Waals surface area contributed by atoms with E-state index >= 15 is 0 Å². The second-order valence-electron chi connectivity index (χ2n) is 6.86. The predicted octanol–water partition coefficient (Wildman–Crippen LogP) is 5.60. The van der Waals surface area contributed by atoms with Crippen LogP contribution in [-0.4, -0.2) is 16.5 Å². The van der Waals surface area contributed by atoms with Crippen molar-refractivity contribution in [3.05, 3.63) is 72.3 Å². The summed E-state index contributed by atoms with van der Waals surface area (Å²) in [6.07, 6.45) is 0. The molecule has 1 saturated heterocycles. The lowest BCUT2D eigenvalue weighted by molar-refractivity contribution is -0.116. The van der Waals surface area contributed by atoms with Crippen molar-refractivity contribution < 1.29 is 9.59 Å². The number of carbonyl (C=O) groups excluding carboxylic acids is 2. The zero-order chi connectivity index (χ0) is 19.0. The Labute approximate surface area is 162 Å². The highest BCUT2D eigenvalue weighted by molar-refractivity contribution is 8.16. The van der Waals surface area contributed by atoms with Gasteiger partial charge >= 0.3 is 0 Å². The maximum absolute atomic E-state index is 13.0. The van der Waals surface area contributed by atoms with E-state index < -0.39 is 5.37 Å². The van der Waals surface area contributed by atoms with Gasteiger partial charge < -0.3 is 5.32 Å². The van der Waals surface area contributed by atoms with E-state index in [-0.39, 0.29) is 11.1 Å². The molecule has 1 atom stereocenters. The van der Waals surface area contributed by atoms with E-state index in [1.165, 1.54) is 10.5 Å². The summed E-state index contributed by atoms with van der Waals surface area (Å²) in [6, 6.07) is 21.4. The molecular weight excluding hydrogens is 356 g/mol. The predicted molar refractivity (Wildman–Crippen MR) is 112 cm³/mol. The third-order valence-electron chi connectivity index (χ3n) is 4.73. The number of hydrogen-bond donors (Lipinski definition) is 1. The molecule has 1 unspecified atom stereocenters. The third kappa shape index (κ3) is 3.30. The molecule has 1 heterocycles. The van der Waals surface area contributed by atoms with Gasteiger partial charge in [0, 0.05) is 11.1 Å². The molecule has 1 aliphatic rings. The summed E-state index contributed by atoms with van der Waals surface area (Å²) in [7, 11) is 0. The Bertz CT molecular complexity index is 1010. The van der Waals surface area contributed by atoms with Gasteiger partial charge in [-0.3, -0.25) is 9.59 Å². The molecule has 0 saturated carbocycles. The number of nitrogens with zero attached hydrogens (tertiary/aromatic N) is 1. The molecule has 1 fully saturated rings. The first-order valence-electron chi connectivity index (χ1n) is 8.93. The number of amides is 2. The van der Waals surface area contributed by atoms with Gasteiger partial charge in [-0.25, -0.2) is 4.90 Å². The highest BCUT2D eigenvalue weighted by Crippen LogP contribution is 2.36. The molecule has 4 rings (SSSR count). The van der Waals surface area contributed by atoms with Crippen LogP contribution in [0.1, 0.15) is 25.3 Å². The average Bonchev–Trinajstić information content (AvgIpc) is 2.95. The van der Waals surface area contributed by atoms with Gasteiger partial charge in [-0.1, -0.05) is 62.4 Å². The van der Waals surface area contributed by atoms with Crippen LogP contribution in [0.4, 0.5) is 16.2 Å². The molecule has 0 bridgehead atoms. The summed E-state index contributed by atoms with van der Waals surface area (Å²) >= 11 is 1.02. The Kier molecular flexibility index (Phi) is 4.62. The van der Waals surface area contributed by atoms with Crippen molar-refractivity contribution >= 4 is 45.1 Å². The van der Waals surface area contributed by atoms with Crippen molar-refractivity contribution in [3.8, 4) is 0 Å².